The highest BCUT2D eigenvalue weighted by Gasteiger charge is 2.24. The lowest BCUT2D eigenvalue weighted by molar-refractivity contribution is 0.0654. The van der Waals surface area contributed by atoms with Gasteiger partial charge in [-0.3, -0.25) is 4.79 Å². The molecule has 1 N–H and O–H groups in total. The van der Waals surface area contributed by atoms with Gasteiger partial charge in [0.05, 0.1) is 5.56 Å². The van der Waals surface area contributed by atoms with Crippen molar-refractivity contribution in [2.24, 2.45) is 5.92 Å². The predicted molar refractivity (Wildman–Crippen MR) is 64.6 cm³/mol. The highest BCUT2D eigenvalue weighted by atomic mass is 32.1. The zero-order valence-corrected chi connectivity index (χ0v) is 10.1. The van der Waals surface area contributed by atoms with Crippen molar-refractivity contribution in [2.45, 2.75) is 19.3 Å². The van der Waals surface area contributed by atoms with Crippen molar-refractivity contribution in [3.8, 4) is 0 Å². The molecule has 2 rings (SSSR count). The van der Waals surface area contributed by atoms with Gasteiger partial charge < -0.3 is 10.0 Å². The van der Waals surface area contributed by atoms with Crippen molar-refractivity contribution in [1.82, 2.24) is 4.90 Å². The third kappa shape index (κ3) is 2.62. The molecule has 1 aromatic heterocycles. The molecule has 0 bridgehead atoms. The van der Waals surface area contributed by atoms with Crippen molar-refractivity contribution in [3.05, 3.63) is 22.4 Å². The Morgan fingerprint density at radius 1 is 1.62 bits per heavy atom. The summed E-state index contributed by atoms with van der Waals surface area (Å²) in [6.07, 6.45) is 3.00. The lowest BCUT2D eigenvalue weighted by Crippen LogP contribution is -2.40. The van der Waals surface area contributed by atoms with Crippen molar-refractivity contribution < 1.29 is 9.90 Å². The first-order valence-corrected chi connectivity index (χ1v) is 6.68. The third-order valence-electron chi connectivity index (χ3n) is 3.11. The molecule has 0 aromatic carbocycles. The van der Waals surface area contributed by atoms with Crippen molar-refractivity contribution in [3.63, 3.8) is 0 Å². The number of carbonyl (C=O) groups excluding carboxylic acids is 1. The van der Waals surface area contributed by atoms with Crippen LogP contribution >= 0.6 is 11.3 Å². The second kappa shape index (κ2) is 5.46. The summed E-state index contributed by atoms with van der Waals surface area (Å²) in [6, 6.07) is 1.88. The van der Waals surface area contributed by atoms with Gasteiger partial charge in [-0.1, -0.05) is 0 Å². The number of thiophene rings is 1. The number of nitrogens with zero attached hydrogens (tertiary/aromatic N) is 1. The molecule has 16 heavy (non-hydrogen) atoms. The summed E-state index contributed by atoms with van der Waals surface area (Å²) >= 11 is 1.56. The largest absolute Gasteiger partial charge is 0.396 e. The van der Waals surface area contributed by atoms with E-state index in [2.05, 4.69) is 0 Å². The average Bonchev–Trinajstić information content (AvgIpc) is 2.82. The Balaban J connectivity index is 1.96. The van der Waals surface area contributed by atoms with E-state index in [9.17, 15) is 4.79 Å². The number of likely N-dealkylation sites (tertiary alicyclic amines) is 1. The predicted octanol–water partition coefficient (Wildman–Crippen LogP) is 1.98. The minimum Gasteiger partial charge on any atom is -0.396 e. The van der Waals surface area contributed by atoms with E-state index in [1.807, 2.05) is 21.7 Å². The Morgan fingerprint density at radius 2 is 2.50 bits per heavy atom. The molecule has 3 nitrogen and oxygen atoms in total. The quantitative estimate of drug-likeness (QED) is 0.876. The number of piperidine rings is 1. The fourth-order valence-corrected chi connectivity index (χ4v) is 2.87. The lowest BCUT2D eigenvalue weighted by Gasteiger charge is -2.32. The van der Waals surface area contributed by atoms with Crippen LogP contribution in [0.25, 0.3) is 0 Å². The van der Waals surface area contributed by atoms with E-state index in [1.54, 1.807) is 11.3 Å². The summed E-state index contributed by atoms with van der Waals surface area (Å²) in [5, 5.41) is 12.8. The second-order valence-electron chi connectivity index (χ2n) is 4.28. The van der Waals surface area contributed by atoms with Crippen LogP contribution in [0.2, 0.25) is 0 Å². The minimum absolute atomic E-state index is 0.142. The standard InChI is InChI=1S/C12H17NO2S/c14-6-3-10-2-1-5-13(8-10)12(15)11-4-7-16-9-11/h4,7,9-10,14H,1-3,5-6,8H2. The highest BCUT2D eigenvalue weighted by molar-refractivity contribution is 7.08. The number of hydrogen-bond acceptors (Lipinski definition) is 3. The van der Waals surface area contributed by atoms with E-state index in [1.165, 1.54) is 0 Å². The van der Waals surface area contributed by atoms with Crippen LogP contribution in [0.1, 0.15) is 29.6 Å². The Hall–Kier alpha value is -0.870. The smallest absolute Gasteiger partial charge is 0.254 e. The molecular weight excluding hydrogens is 222 g/mol. The fraction of sp³-hybridized carbons (Fsp3) is 0.583. The average molecular weight is 239 g/mol. The van der Waals surface area contributed by atoms with E-state index >= 15 is 0 Å². The maximum Gasteiger partial charge on any atom is 0.254 e. The van der Waals surface area contributed by atoms with Crippen LogP contribution < -0.4 is 0 Å². The minimum atomic E-state index is 0.142. The van der Waals surface area contributed by atoms with Gasteiger partial charge in [-0.15, -0.1) is 0 Å². The van der Waals surface area contributed by atoms with Crippen LogP contribution in [0.15, 0.2) is 16.8 Å². The first-order chi connectivity index (χ1) is 7.81. The zero-order valence-electron chi connectivity index (χ0n) is 9.26. The summed E-state index contributed by atoms with van der Waals surface area (Å²) in [4.78, 5) is 14.0. The molecule has 1 saturated heterocycles. The number of amides is 1. The van der Waals surface area contributed by atoms with Crippen LogP contribution in [0, 0.1) is 5.92 Å². The van der Waals surface area contributed by atoms with Gasteiger partial charge in [-0.25, -0.2) is 0 Å². The van der Waals surface area contributed by atoms with Crippen LogP contribution in [-0.2, 0) is 0 Å². The molecule has 0 saturated carbocycles. The lowest BCUT2D eigenvalue weighted by atomic mass is 9.95. The Morgan fingerprint density at radius 3 is 3.19 bits per heavy atom. The van der Waals surface area contributed by atoms with Crippen LogP contribution in [0.5, 0.6) is 0 Å². The van der Waals surface area contributed by atoms with Gasteiger partial charge >= 0.3 is 0 Å². The molecule has 2 heterocycles. The van der Waals surface area contributed by atoms with Crippen molar-refractivity contribution >= 4 is 17.2 Å². The van der Waals surface area contributed by atoms with Gasteiger partial charge in [0.25, 0.3) is 5.91 Å². The van der Waals surface area contributed by atoms with E-state index in [-0.39, 0.29) is 12.5 Å². The molecule has 0 spiro atoms. The molecule has 1 amide bonds. The molecular formula is C12H17NO2S. The first-order valence-electron chi connectivity index (χ1n) is 5.73. The molecule has 1 unspecified atom stereocenters. The normalized spacial score (nSPS) is 21.1. The highest BCUT2D eigenvalue weighted by Crippen LogP contribution is 2.21. The van der Waals surface area contributed by atoms with Gasteiger partial charge in [0.1, 0.15) is 0 Å². The zero-order chi connectivity index (χ0) is 11.4. The monoisotopic (exact) mass is 239 g/mol. The molecule has 0 aliphatic carbocycles. The fourth-order valence-electron chi connectivity index (χ4n) is 2.24. The Kier molecular flexibility index (Phi) is 3.96. The van der Waals surface area contributed by atoms with E-state index < -0.39 is 0 Å². The van der Waals surface area contributed by atoms with Gasteiger partial charge in [0, 0.05) is 25.1 Å². The van der Waals surface area contributed by atoms with E-state index in [0.29, 0.717) is 5.92 Å². The molecule has 88 valence electrons. The number of aliphatic hydroxyl groups is 1. The summed E-state index contributed by atoms with van der Waals surface area (Å²) in [6.45, 7) is 1.89. The van der Waals surface area contributed by atoms with Gasteiger partial charge in [0.2, 0.25) is 0 Å². The molecule has 1 atom stereocenters. The van der Waals surface area contributed by atoms with Crippen molar-refractivity contribution in [1.29, 1.82) is 0 Å². The topological polar surface area (TPSA) is 40.5 Å². The number of carbonyl (C=O) groups is 1. The number of rotatable bonds is 3. The Labute approximate surface area is 99.7 Å². The number of aliphatic hydroxyl groups excluding tert-OH is 1. The van der Waals surface area contributed by atoms with Crippen molar-refractivity contribution in [2.75, 3.05) is 19.7 Å². The maximum atomic E-state index is 12.1. The molecule has 4 heteroatoms. The van der Waals surface area contributed by atoms with Gasteiger partial charge in [0.15, 0.2) is 0 Å². The summed E-state index contributed by atoms with van der Waals surface area (Å²) < 4.78 is 0. The van der Waals surface area contributed by atoms with Crippen LogP contribution in [0.4, 0.5) is 0 Å². The number of hydrogen-bond donors (Lipinski definition) is 1. The third-order valence-corrected chi connectivity index (χ3v) is 3.79. The molecule has 1 aliphatic rings. The van der Waals surface area contributed by atoms with Crippen LogP contribution in [-0.4, -0.2) is 35.6 Å². The molecule has 1 aromatic rings. The van der Waals surface area contributed by atoms with E-state index in [0.717, 1.165) is 37.9 Å². The van der Waals surface area contributed by atoms with Crippen LogP contribution in [0.3, 0.4) is 0 Å². The molecule has 1 aliphatic heterocycles. The van der Waals surface area contributed by atoms with E-state index in [4.69, 9.17) is 5.11 Å². The molecule has 1 fully saturated rings. The summed E-state index contributed by atoms with van der Waals surface area (Å²) in [5.74, 6) is 0.616. The Bertz CT molecular complexity index is 335. The van der Waals surface area contributed by atoms with Gasteiger partial charge in [-0.05, 0) is 36.6 Å². The second-order valence-corrected chi connectivity index (χ2v) is 5.06. The van der Waals surface area contributed by atoms with Gasteiger partial charge in [-0.2, -0.15) is 11.3 Å². The molecule has 0 radical (unpaired) electrons. The SMILES string of the molecule is O=C(c1ccsc1)N1CCCC(CCO)C1. The maximum absolute atomic E-state index is 12.1. The summed E-state index contributed by atoms with van der Waals surface area (Å²) in [5.41, 5.74) is 0.801. The summed E-state index contributed by atoms with van der Waals surface area (Å²) in [7, 11) is 0. The first kappa shape index (κ1) is 11.6.